The molecule has 2 aromatic rings. The van der Waals surface area contributed by atoms with E-state index in [1.165, 1.54) is 20.3 Å². The molecule has 1 aromatic heterocycles. The number of hydrogen-bond donors (Lipinski definition) is 2. The summed E-state index contributed by atoms with van der Waals surface area (Å²) in [6, 6.07) is 5.10. The van der Waals surface area contributed by atoms with E-state index in [0.29, 0.717) is 17.1 Å². The average molecular weight is 319 g/mol. The highest BCUT2D eigenvalue weighted by molar-refractivity contribution is 5.71. The molecule has 120 valence electrons. The van der Waals surface area contributed by atoms with Gasteiger partial charge in [-0.25, -0.2) is 0 Å². The third kappa shape index (κ3) is 3.46. The molecule has 9 nitrogen and oxygen atoms in total. The Balaban J connectivity index is 2.38. The van der Waals surface area contributed by atoms with Crippen molar-refractivity contribution in [1.82, 2.24) is 9.97 Å². The second-order valence-corrected chi connectivity index (χ2v) is 4.32. The van der Waals surface area contributed by atoms with Crippen molar-refractivity contribution in [2.75, 3.05) is 14.2 Å². The van der Waals surface area contributed by atoms with Crippen LogP contribution in [0.25, 0.3) is 12.2 Å². The molecule has 2 rings (SSSR count). The number of aromatic hydroxyl groups is 1. The molecule has 0 unspecified atom stereocenters. The van der Waals surface area contributed by atoms with E-state index in [1.54, 1.807) is 24.3 Å². The van der Waals surface area contributed by atoms with Crippen molar-refractivity contribution in [1.29, 1.82) is 0 Å². The molecule has 0 saturated heterocycles. The number of ether oxygens (including phenoxy) is 2. The number of aromatic nitrogens is 2. The lowest BCUT2D eigenvalue weighted by Gasteiger charge is -2.07. The minimum Gasteiger partial charge on any atom is -0.497 e. The van der Waals surface area contributed by atoms with Gasteiger partial charge in [-0.3, -0.25) is 14.9 Å². The zero-order valence-electron chi connectivity index (χ0n) is 12.3. The molecule has 0 saturated carbocycles. The van der Waals surface area contributed by atoms with Crippen LogP contribution in [-0.2, 0) is 0 Å². The van der Waals surface area contributed by atoms with Crippen LogP contribution >= 0.6 is 0 Å². The molecule has 0 radical (unpaired) electrons. The minimum absolute atomic E-state index is 0.0315. The average Bonchev–Trinajstić information content (AvgIpc) is 2.51. The number of rotatable bonds is 5. The Hall–Kier alpha value is -3.36. The summed E-state index contributed by atoms with van der Waals surface area (Å²) in [4.78, 5) is 26.9. The van der Waals surface area contributed by atoms with Crippen molar-refractivity contribution in [2.24, 2.45) is 0 Å². The molecule has 9 heteroatoms. The van der Waals surface area contributed by atoms with Gasteiger partial charge in [0, 0.05) is 11.6 Å². The molecule has 0 aliphatic rings. The standard InChI is InChI=1S/C14H13N3O6/c1-22-9-5-3-8(10(7-9)23-2)4-6-11-15-13(18)12(17(20)21)14(19)16-11/h3-7H,1-2H3,(H2,15,16,18,19). The topological polar surface area (TPSA) is 128 Å². The van der Waals surface area contributed by atoms with Gasteiger partial charge in [-0.05, 0) is 24.3 Å². The quantitative estimate of drug-likeness (QED) is 0.632. The Labute approximate surface area is 130 Å². The lowest BCUT2D eigenvalue weighted by Crippen LogP contribution is -2.14. The second-order valence-electron chi connectivity index (χ2n) is 4.32. The predicted molar refractivity (Wildman–Crippen MR) is 81.7 cm³/mol. The van der Waals surface area contributed by atoms with E-state index in [0.717, 1.165) is 0 Å². The molecule has 0 spiro atoms. The first kappa shape index (κ1) is 16.0. The van der Waals surface area contributed by atoms with Gasteiger partial charge in [0.25, 0.3) is 5.88 Å². The van der Waals surface area contributed by atoms with E-state index < -0.39 is 22.0 Å². The van der Waals surface area contributed by atoms with Crippen LogP contribution in [0.4, 0.5) is 5.69 Å². The fourth-order valence-electron chi connectivity index (χ4n) is 1.84. The van der Waals surface area contributed by atoms with E-state index >= 15 is 0 Å². The van der Waals surface area contributed by atoms with Gasteiger partial charge in [0.15, 0.2) is 0 Å². The Morgan fingerprint density at radius 3 is 2.61 bits per heavy atom. The van der Waals surface area contributed by atoms with Crippen LogP contribution in [0.3, 0.4) is 0 Å². The summed E-state index contributed by atoms with van der Waals surface area (Å²) in [6.45, 7) is 0. The van der Waals surface area contributed by atoms with Crippen LogP contribution in [0.2, 0.25) is 0 Å². The summed E-state index contributed by atoms with van der Waals surface area (Å²) in [7, 11) is 3.02. The molecule has 0 atom stereocenters. The van der Waals surface area contributed by atoms with Crippen LogP contribution in [0.1, 0.15) is 11.4 Å². The number of nitrogens with zero attached hydrogens (tertiary/aromatic N) is 2. The highest BCUT2D eigenvalue weighted by Gasteiger charge is 2.21. The number of methoxy groups -OCH3 is 2. The van der Waals surface area contributed by atoms with Gasteiger partial charge in [-0.15, -0.1) is 0 Å². The normalized spacial score (nSPS) is 10.7. The first-order chi connectivity index (χ1) is 11.0. The number of hydrogen-bond acceptors (Lipinski definition) is 7. The third-order valence-electron chi connectivity index (χ3n) is 2.94. The summed E-state index contributed by atoms with van der Waals surface area (Å²) >= 11 is 0. The molecule has 0 aliphatic carbocycles. The number of aromatic amines is 1. The Bertz CT molecular complexity index is 828. The van der Waals surface area contributed by atoms with Crippen LogP contribution in [0.5, 0.6) is 17.4 Å². The van der Waals surface area contributed by atoms with Crippen LogP contribution in [-0.4, -0.2) is 34.2 Å². The van der Waals surface area contributed by atoms with E-state index in [4.69, 9.17) is 9.47 Å². The van der Waals surface area contributed by atoms with E-state index in [1.807, 2.05) is 0 Å². The Morgan fingerprint density at radius 1 is 1.30 bits per heavy atom. The first-order valence-electron chi connectivity index (χ1n) is 6.34. The molecule has 23 heavy (non-hydrogen) atoms. The zero-order chi connectivity index (χ0) is 17.0. The smallest absolute Gasteiger partial charge is 0.395 e. The van der Waals surface area contributed by atoms with Crippen molar-refractivity contribution in [2.45, 2.75) is 0 Å². The number of H-pyrrole nitrogens is 1. The van der Waals surface area contributed by atoms with E-state index in [-0.39, 0.29) is 5.82 Å². The van der Waals surface area contributed by atoms with Crippen molar-refractivity contribution in [3.8, 4) is 17.4 Å². The Morgan fingerprint density at radius 2 is 2.04 bits per heavy atom. The molecule has 2 N–H and O–H groups in total. The van der Waals surface area contributed by atoms with E-state index in [9.17, 15) is 20.0 Å². The third-order valence-corrected chi connectivity index (χ3v) is 2.94. The first-order valence-corrected chi connectivity index (χ1v) is 6.34. The Kier molecular flexibility index (Phi) is 4.60. The van der Waals surface area contributed by atoms with Gasteiger partial charge in [0.2, 0.25) is 0 Å². The molecular formula is C14H13N3O6. The fourth-order valence-corrected chi connectivity index (χ4v) is 1.84. The van der Waals surface area contributed by atoms with Gasteiger partial charge in [0.05, 0.1) is 19.1 Å². The maximum Gasteiger partial charge on any atom is 0.395 e. The van der Waals surface area contributed by atoms with Gasteiger partial charge in [-0.2, -0.15) is 4.98 Å². The largest absolute Gasteiger partial charge is 0.497 e. The van der Waals surface area contributed by atoms with Gasteiger partial charge >= 0.3 is 11.2 Å². The lowest BCUT2D eigenvalue weighted by atomic mass is 10.1. The van der Waals surface area contributed by atoms with Crippen molar-refractivity contribution in [3.05, 3.63) is 50.1 Å². The van der Waals surface area contributed by atoms with Gasteiger partial charge in [-0.1, -0.05) is 0 Å². The minimum atomic E-state index is -1.04. The summed E-state index contributed by atoms with van der Waals surface area (Å²) in [5.41, 5.74) is -1.37. The van der Waals surface area contributed by atoms with Crippen molar-refractivity contribution < 1.29 is 19.5 Å². The fraction of sp³-hybridized carbons (Fsp3) is 0.143. The van der Waals surface area contributed by atoms with Crippen molar-refractivity contribution >= 4 is 17.8 Å². The molecule has 1 heterocycles. The van der Waals surface area contributed by atoms with Crippen LogP contribution in [0.15, 0.2) is 23.0 Å². The maximum atomic E-state index is 11.5. The molecular weight excluding hydrogens is 306 g/mol. The monoisotopic (exact) mass is 319 g/mol. The SMILES string of the molecule is COc1ccc(C=Cc2nc(O)c([N+](=O)[O-])c(=O)[nH]2)c(OC)c1. The molecule has 0 fully saturated rings. The summed E-state index contributed by atoms with van der Waals surface area (Å²) in [6.07, 6.45) is 2.96. The molecule has 1 aromatic carbocycles. The van der Waals surface area contributed by atoms with Crippen molar-refractivity contribution in [3.63, 3.8) is 0 Å². The number of nitro groups is 1. The predicted octanol–water partition coefficient (Wildman–Crippen LogP) is 1.57. The number of nitrogens with one attached hydrogen (secondary N) is 1. The second kappa shape index (κ2) is 6.60. The maximum absolute atomic E-state index is 11.5. The highest BCUT2D eigenvalue weighted by atomic mass is 16.6. The zero-order valence-corrected chi connectivity index (χ0v) is 12.3. The summed E-state index contributed by atoms with van der Waals surface area (Å²) in [5.74, 6) is 0.156. The number of benzene rings is 1. The lowest BCUT2D eigenvalue weighted by molar-refractivity contribution is -0.387. The molecule has 0 bridgehead atoms. The van der Waals surface area contributed by atoms with Gasteiger partial charge in [0.1, 0.15) is 17.3 Å². The summed E-state index contributed by atoms with van der Waals surface area (Å²) < 4.78 is 10.3. The summed E-state index contributed by atoms with van der Waals surface area (Å²) in [5, 5.41) is 20.1. The van der Waals surface area contributed by atoms with Crippen LogP contribution < -0.4 is 15.0 Å². The van der Waals surface area contributed by atoms with Gasteiger partial charge < -0.3 is 19.6 Å². The molecule has 0 aliphatic heterocycles. The molecule has 0 amide bonds. The highest BCUT2D eigenvalue weighted by Crippen LogP contribution is 2.26. The van der Waals surface area contributed by atoms with Crippen LogP contribution in [0, 0.1) is 10.1 Å². The van der Waals surface area contributed by atoms with E-state index in [2.05, 4.69) is 9.97 Å².